The average Bonchev–Trinajstić information content (AvgIpc) is 2.93. The molecular weight excluding hydrogens is 598 g/mol. The second kappa shape index (κ2) is 10.2. The van der Waals surface area contributed by atoms with Gasteiger partial charge in [-0.15, -0.1) is 0 Å². The fourth-order valence-electron chi connectivity index (χ4n) is 6.66. The number of hydrogen-bond acceptors (Lipinski definition) is 0. The van der Waals surface area contributed by atoms with Crippen molar-refractivity contribution in [2.24, 2.45) is 0 Å². The fraction of sp³-hybridized carbons (Fsp3) is 0.105. The van der Waals surface area contributed by atoms with Crippen molar-refractivity contribution in [2.75, 3.05) is 0 Å². The van der Waals surface area contributed by atoms with E-state index < -0.39 is 0 Å². The molecule has 7 rings (SSSR count). The Labute approximate surface area is 265 Å². The molecule has 0 radical (unpaired) electrons. The number of fused-ring (bicyclic) bond motifs is 4. The van der Waals surface area contributed by atoms with Crippen molar-refractivity contribution in [2.45, 2.75) is 27.7 Å². The van der Waals surface area contributed by atoms with Crippen molar-refractivity contribution in [3.63, 3.8) is 0 Å². The highest BCUT2D eigenvalue weighted by Crippen LogP contribution is 2.49. The van der Waals surface area contributed by atoms with E-state index in [1.54, 1.807) is 0 Å². The number of hydrogen-bond donors (Lipinski definition) is 0. The predicted octanol–water partition coefficient (Wildman–Crippen LogP) is 13.5. The lowest BCUT2D eigenvalue weighted by Crippen LogP contribution is -1.97. The number of benzene rings is 7. The Balaban J connectivity index is 1.83. The highest BCUT2D eigenvalue weighted by atomic mass is 35.5. The summed E-state index contributed by atoms with van der Waals surface area (Å²) in [4.78, 5) is 0. The van der Waals surface area contributed by atoms with Crippen molar-refractivity contribution < 1.29 is 0 Å². The molecule has 0 saturated heterocycles. The van der Waals surface area contributed by atoms with Crippen LogP contribution in [0.5, 0.6) is 0 Å². The molecule has 0 aromatic heterocycles. The molecule has 0 atom stereocenters. The second-order valence-corrected chi connectivity index (χ2v) is 12.9. The highest BCUT2D eigenvalue weighted by Gasteiger charge is 2.22. The third-order valence-corrected chi connectivity index (χ3v) is 10.0. The monoisotopic (exact) mass is 622 g/mol. The third-order valence-electron chi connectivity index (χ3n) is 8.57. The number of rotatable bonds is 2. The molecule has 42 heavy (non-hydrogen) atoms. The summed E-state index contributed by atoms with van der Waals surface area (Å²) >= 11 is 26.2. The Morgan fingerprint density at radius 3 is 0.810 bits per heavy atom. The second-order valence-electron chi connectivity index (χ2n) is 11.3. The Hall–Kier alpha value is -3.26. The van der Waals surface area contributed by atoms with Gasteiger partial charge in [-0.05, 0) is 164 Å². The lowest BCUT2D eigenvalue weighted by molar-refractivity contribution is 1.38. The van der Waals surface area contributed by atoms with Gasteiger partial charge < -0.3 is 0 Å². The van der Waals surface area contributed by atoms with Crippen LogP contribution in [-0.2, 0) is 0 Å². The molecule has 4 heteroatoms. The van der Waals surface area contributed by atoms with Crippen LogP contribution in [0.25, 0.3) is 65.3 Å². The largest absolute Gasteiger partial charge is 0.0827 e. The van der Waals surface area contributed by atoms with E-state index in [0.29, 0.717) is 20.1 Å². The van der Waals surface area contributed by atoms with Crippen molar-refractivity contribution in [1.29, 1.82) is 0 Å². The van der Waals surface area contributed by atoms with Gasteiger partial charge in [-0.3, -0.25) is 0 Å². The molecule has 7 aromatic carbocycles. The first-order chi connectivity index (χ1) is 20.1. The van der Waals surface area contributed by atoms with Gasteiger partial charge in [0.25, 0.3) is 0 Å². The lowest BCUT2D eigenvalue weighted by atomic mass is 9.80. The summed E-state index contributed by atoms with van der Waals surface area (Å²) in [5.41, 5.74) is 9.76. The van der Waals surface area contributed by atoms with Crippen LogP contribution in [-0.4, -0.2) is 0 Å². The molecule has 0 amide bonds. The van der Waals surface area contributed by atoms with Crippen LogP contribution in [0.1, 0.15) is 22.3 Å². The zero-order valence-electron chi connectivity index (χ0n) is 23.6. The van der Waals surface area contributed by atoms with E-state index in [-0.39, 0.29) is 0 Å². The van der Waals surface area contributed by atoms with Crippen LogP contribution in [0.3, 0.4) is 0 Å². The summed E-state index contributed by atoms with van der Waals surface area (Å²) < 4.78 is 0. The Morgan fingerprint density at radius 2 is 0.571 bits per heavy atom. The third kappa shape index (κ3) is 4.28. The van der Waals surface area contributed by atoms with E-state index in [2.05, 4.69) is 88.4 Å². The maximum Gasteiger partial charge on any atom is 0.0598 e. The Kier molecular flexibility index (Phi) is 6.68. The first-order valence-electron chi connectivity index (χ1n) is 13.9. The Morgan fingerprint density at radius 1 is 0.333 bits per heavy atom. The molecule has 0 heterocycles. The van der Waals surface area contributed by atoms with Gasteiger partial charge in [-0.25, -0.2) is 0 Å². The molecule has 7 aromatic rings. The minimum atomic E-state index is 0.547. The normalized spacial score (nSPS) is 11.8. The van der Waals surface area contributed by atoms with Crippen LogP contribution in [0, 0.1) is 27.7 Å². The number of halogens is 4. The van der Waals surface area contributed by atoms with Gasteiger partial charge in [0.2, 0.25) is 0 Å². The van der Waals surface area contributed by atoms with E-state index in [4.69, 9.17) is 46.4 Å². The molecule has 0 N–H and O–H groups in total. The van der Waals surface area contributed by atoms with Crippen molar-refractivity contribution in [1.82, 2.24) is 0 Å². The Bertz CT molecular complexity index is 1970. The molecule has 0 spiro atoms. The molecule has 0 saturated carbocycles. The van der Waals surface area contributed by atoms with Crippen molar-refractivity contribution in [3.8, 4) is 22.3 Å². The highest BCUT2D eigenvalue weighted by molar-refractivity contribution is 6.43. The molecule has 0 bridgehead atoms. The van der Waals surface area contributed by atoms with Crippen LogP contribution >= 0.6 is 46.4 Å². The van der Waals surface area contributed by atoms with E-state index in [1.165, 1.54) is 66.1 Å². The van der Waals surface area contributed by atoms with Gasteiger partial charge in [0.1, 0.15) is 0 Å². The van der Waals surface area contributed by atoms with Gasteiger partial charge in [-0.2, -0.15) is 0 Å². The smallest absolute Gasteiger partial charge is 0.0598 e. The van der Waals surface area contributed by atoms with Crippen LogP contribution in [0.15, 0.2) is 84.9 Å². The minimum absolute atomic E-state index is 0.547. The molecule has 206 valence electrons. The predicted molar refractivity (Wildman–Crippen MR) is 186 cm³/mol. The zero-order valence-corrected chi connectivity index (χ0v) is 26.6. The van der Waals surface area contributed by atoms with Crippen LogP contribution in [0.4, 0.5) is 0 Å². The standard InChI is InChI=1S/C38H26Cl4/c1-19-7-5-8-20(2)35(19)37-27-11-23-15-31(39)33(41)17-25(23)13-29(27)38(36-21(3)9-6-10-22(36)4)30-14-26-18-34(42)32(40)16-24(26)12-28(30)37/h5-18H,1-4H3. The average molecular weight is 624 g/mol. The summed E-state index contributed by atoms with van der Waals surface area (Å²) in [6.45, 7) is 8.76. The fourth-order valence-corrected chi connectivity index (χ4v) is 7.35. The first-order valence-corrected chi connectivity index (χ1v) is 15.4. The van der Waals surface area contributed by atoms with Gasteiger partial charge in [-0.1, -0.05) is 82.8 Å². The van der Waals surface area contributed by atoms with Gasteiger partial charge >= 0.3 is 0 Å². The maximum atomic E-state index is 6.55. The number of aryl methyl sites for hydroxylation is 4. The van der Waals surface area contributed by atoms with Crippen LogP contribution in [0.2, 0.25) is 20.1 Å². The van der Waals surface area contributed by atoms with Gasteiger partial charge in [0.15, 0.2) is 0 Å². The van der Waals surface area contributed by atoms with E-state index in [1.807, 2.05) is 24.3 Å². The first kappa shape index (κ1) is 27.6. The molecule has 0 aliphatic carbocycles. The van der Waals surface area contributed by atoms with E-state index in [9.17, 15) is 0 Å². The quantitative estimate of drug-likeness (QED) is 0.168. The van der Waals surface area contributed by atoms with Gasteiger partial charge in [0, 0.05) is 0 Å². The van der Waals surface area contributed by atoms with Crippen molar-refractivity contribution >= 4 is 89.5 Å². The van der Waals surface area contributed by atoms with Crippen LogP contribution < -0.4 is 0 Å². The molecule has 0 fully saturated rings. The molecule has 0 unspecified atom stereocenters. The van der Waals surface area contributed by atoms with E-state index in [0.717, 1.165) is 21.5 Å². The molecule has 0 nitrogen and oxygen atoms in total. The summed E-state index contributed by atoms with van der Waals surface area (Å²) in [6.07, 6.45) is 0. The summed E-state index contributed by atoms with van der Waals surface area (Å²) in [7, 11) is 0. The van der Waals surface area contributed by atoms with Crippen molar-refractivity contribution in [3.05, 3.63) is 127 Å². The molecular formula is C38H26Cl4. The topological polar surface area (TPSA) is 0 Å². The maximum absolute atomic E-state index is 6.55. The molecule has 0 aliphatic rings. The summed E-state index contributed by atoms with van der Waals surface area (Å²) in [6, 6.07) is 30.0. The lowest BCUT2D eigenvalue weighted by Gasteiger charge is -2.23. The summed E-state index contributed by atoms with van der Waals surface area (Å²) in [5, 5.41) is 11.1. The van der Waals surface area contributed by atoms with Gasteiger partial charge in [0.05, 0.1) is 20.1 Å². The SMILES string of the molecule is Cc1cccc(C)c1-c1c2cc3cc(Cl)c(Cl)cc3cc2c(-c2c(C)cccc2C)c2cc3cc(Cl)c(Cl)cc3cc12. The zero-order chi connectivity index (χ0) is 29.4. The van der Waals surface area contributed by atoms with E-state index >= 15 is 0 Å². The minimum Gasteiger partial charge on any atom is -0.0827 e. The summed E-state index contributed by atoms with van der Waals surface area (Å²) in [5.74, 6) is 0. The molecule has 0 aliphatic heterocycles.